The first-order chi connectivity index (χ1) is 8.63. The van der Waals surface area contributed by atoms with Gasteiger partial charge in [-0.1, -0.05) is 12.8 Å². The number of amides is 1. The number of esters is 1. The van der Waals surface area contributed by atoms with Crippen molar-refractivity contribution >= 4 is 11.9 Å². The van der Waals surface area contributed by atoms with Crippen LogP contribution in [0, 0.1) is 0 Å². The van der Waals surface area contributed by atoms with Crippen LogP contribution in [0.4, 0.5) is 0 Å². The van der Waals surface area contributed by atoms with Gasteiger partial charge in [-0.05, 0) is 12.8 Å². The molecule has 1 aliphatic carbocycles. The van der Waals surface area contributed by atoms with Crippen LogP contribution in [0.3, 0.4) is 0 Å². The Balaban J connectivity index is 2.09. The van der Waals surface area contributed by atoms with Gasteiger partial charge in [-0.2, -0.15) is 0 Å². The second kappa shape index (κ2) is 5.69. The van der Waals surface area contributed by atoms with Crippen LogP contribution >= 0.6 is 0 Å². The molecule has 1 saturated carbocycles. The third-order valence-electron chi connectivity index (χ3n) is 4.14. The monoisotopic (exact) mass is 254 g/mol. The van der Waals surface area contributed by atoms with E-state index in [4.69, 9.17) is 4.74 Å². The van der Waals surface area contributed by atoms with E-state index < -0.39 is 0 Å². The third-order valence-corrected chi connectivity index (χ3v) is 4.14. The average Bonchev–Trinajstić information content (AvgIpc) is 2.88. The van der Waals surface area contributed by atoms with E-state index in [-0.39, 0.29) is 24.3 Å². The van der Waals surface area contributed by atoms with E-state index in [1.807, 2.05) is 0 Å². The zero-order valence-corrected chi connectivity index (χ0v) is 11.2. The van der Waals surface area contributed by atoms with Gasteiger partial charge in [0, 0.05) is 26.2 Å². The normalized spacial score (nSPS) is 26.7. The fourth-order valence-corrected chi connectivity index (χ4v) is 3.05. The summed E-state index contributed by atoms with van der Waals surface area (Å²) in [5, 5.41) is 0. The predicted octanol–water partition coefficient (Wildman–Crippen LogP) is 0.635. The van der Waals surface area contributed by atoms with Gasteiger partial charge in [0.15, 0.2) is 0 Å². The first kappa shape index (κ1) is 13.3. The van der Waals surface area contributed by atoms with Crippen molar-refractivity contribution in [3.63, 3.8) is 0 Å². The van der Waals surface area contributed by atoms with Crippen LogP contribution in [0.1, 0.15) is 32.1 Å². The minimum absolute atomic E-state index is 0.0542. The van der Waals surface area contributed by atoms with Crippen LogP contribution in [0.5, 0.6) is 0 Å². The maximum atomic E-state index is 12.2. The van der Waals surface area contributed by atoms with Gasteiger partial charge in [0.05, 0.1) is 13.5 Å². The number of methoxy groups -OCH3 is 1. The minimum Gasteiger partial charge on any atom is -0.469 e. The highest BCUT2D eigenvalue weighted by Crippen LogP contribution is 2.28. The molecule has 1 heterocycles. The van der Waals surface area contributed by atoms with E-state index in [0.717, 1.165) is 25.9 Å². The summed E-state index contributed by atoms with van der Waals surface area (Å²) in [7, 11) is 3.18. The van der Waals surface area contributed by atoms with Gasteiger partial charge in [-0.15, -0.1) is 0 Å². The first-order valence-corrected chi connectivity index (χ1v) is 6.71. The van der Waals surface area contributed by atoms with Crippen molar-refractivity contribution in [1.29, 1.82) is 0 Å². The van der Waals surface area contributed by atoms with Gasteiger partial charge in [0.1, 0.15) is 6.04 Å². The smallest absolute Gasteiger partial charge is 0.307 e. The standard InChI is InChI=1S/C13H22N2O3/c1-14-7-8-15(10-5-3-4-6-10)11(13(14)17)9-12(16)18-2/h10-11H,3-9H2,1-2H3. The first-order valence-electron chi connectivity index (χ1n) is 6.71. The zero-order valence-electron chi connectivity index (χ0n) is 11.2. The summed E-state index contributed by atoms with van der Waals surface area (Å²) in [6.07, 6.45) is 4.94. The number of ether oxygens (including phenoxy) is 1. The molecular weight excluding hydrogens is 232 g/mol. The molecule has 0 aromatic heterocycles. The summed E-state index contributed by atoms with van der Waals surface area (Å²) in [4.78, 5) is 27.6. The molecule has 1 atom stereocenters. The molecule has 18 heavy (non-hydrogen) atoms. The highest BCUT2D eigenvalue weighted by molar-refractivity contribution is 5.87. The number of hydrogen-bond donors (Lipinski definition) is 0. The molecule has 5 heteroatoms. The van der Waals surface area contributed by atoms with E-state index >= 15 is 0 Å². The number of piperazine rings is 1. The SMILES string of the molecule is COC(=O)CC1C(=O)N(C)CCN1C1CCCC1. The second-order valence-electron chi connectivity index (χ2n) is 5.23. The fraction of sp³-hybridized carbons (Fsp3) is 0.846. The molecule has 1 aliphatic heterocycles. The molecule has 1 unspecified atom stereocenters. The number of nitrogens with zero attached hydrogens (tertiary/aromatic N) is 2. The van der Waals surface area contributed by atoms with Crippen LogP contribution < -0.4 is 0 Å². The van der Waals surface area contributed by atoms with Crippen LogP contribution in [-0.2, 0) is 14.3 Å². The van der Waals surface area contributed by atoms with E-state index in [1.165, 1.54) is 20.0 Å². The molecule has 0 aromatic rings. The molecule has 0 N–H and O–H groups in total. The maximum absolute atomic E-state index is 12.2. The predicted molar refractivity (Wildman–Crippen MR) is 67.0 cm³/mol. The van der Waals surface area contributed by atoms with Crippen molar-refractivity contribution in [2.45, 2.75) is 44.2 Å². The van der Waals surface area contributed by atoms with E-state index in [1.54, 1.807) is 11.9 Å². The summed E-state index contributed by atoms with van der Waals surface area (Å²) >= 11 is 0. The molecular formula is C13H22N2O3. The topological polar surface area (TPSA) is 49.9 Å². The number of carbonyl (C=O) groups excluding carboxylic acids is 2. The highest BCUT2D eigenvalue weighted by Gasteiger charge is 2.39. The lowest BCUT2D eigenvalue weighted by molar-refractivity contribution is -0.151. The summed E-state index contributed by atoms with van der Waals surface area (Å²) in [6.45, 7) is 1.63. The highest BCUT2D eigenvalue weighted by atomic mass is 16.5. The molecule has 0 spiro atoms. The largest absolute Gasteiger partial charge is 0.469 e. The number of carbonyl (C=O) groups is 2. The molecule has 102 valence electrons. The molecule has 0 radical (unpaired) electrons. The lowest BCUT2D eigenvalue weighted by Crippen LogP contribution is -2.58. The van der Waals surface area contributed by atoms with Crippen LogP contribution in [0.25, 0.3) is 0 Å². The number of rotatable bonds is 3. The van der Waals surface area contributed by atoms with Crippen molar-refractivity contribution in [2.24, 2.45) is 0 Å². The van der Waals surface area contributed by atoms with Gasteiger partial charge in [-0.25, -0.2) is 0 Å². The molecule has 1 saturated heterocycles. The van der Waals surface area contributed by atoms with Gasteiger partial charge < -0.3 is 9.64 Å². The minimum atomic E-state index is -0.320. The Hall–Kier alpha value is -1.10. The molecule has 2 fully saturated rings. The Morgan fingerprint density at radius 1 is 1.33 bits per heavy atom. The van der Waals surface area contributed by atoms with Crippen molar-refractivity contribution in [3.8, 4) is 0 Å². The zero-order chi connectivity index (χ0) is 13.1. The van der Waals surface area contributed by atoms with Crippen LogP contribution in [-0.4, -0.2) is 61.0 Å². The van der Waals surface area contributed by atoms with Crippen LogP contribution in [0.2, 0.25) is 0 Å². The Bertz CT molecular complexity index is 326. The van der Waals surface area contributed by atoms with Crippen molar-refractivity contribution in [1.82, 2.24) is 9.80 Å². The van der Waals surface area contributed by atoms with Crippen molar-refractivity contribution < 1.29 is 14.3 Å². The van der Waals surface area contributed by atoms with Crippen LogP contribution in [0.15, 0.2) is 0 Å². The summed E-state index contributed by atoms with van der Waals surface area (Å²) in [6, 6.07) is 0.150. The Morgan fingerprint density at radius 2 is 2.00 bits per heavy atom. The fourth-order valence-electron chi connectivity index (χ4n) is 3.05. The Kier molecular flexibility index (Phi) is 4.22. The number of hydrogen-bond acceptors (Lipinski definition) is 4. The van der Waals surface area contributed by atoms with E-state index in [0.29, 0.717) is 6.04 Å². The lowest BCUT2D eigenvalue weighted by atomic mass is 10.0. The van der Waals surface area contributed by atoms with Gasteiger partial charge in [-0.3, -0.25) is 14.5 Å². The summed E-state index contributed by atoms with van der Waals surface area (Å²) in [5.74, 6) is -0.245. The van der Waals surface area contributed by atoms with Crippen molar-refractivity contribution in [3.05, 3.63) is 0 Å². The Labute approximate surface area is 108 Å². The lowest BCUT2D eigenvalue weighted by Gasteiger charge is -2.42. The summed E-state index contributed by atoms with van der Waals surface area (Å²) in [5.41, 5.74) is 0. The Morgan fingerprint density at radius 3 is 2.61 bits per heavy atom. The quantitative estimate of drug-likeness (QED) is 0.693. The van der Waals surface area contributed by atoms with Gasteiger partial charge in [0.2, 0.25) is 5.91 Å². The van der Waals surface area contributed by atoms with Crippen molar-refractivity contribution in [2.75, 3.05) is 27.2 Å². The molecule has 2 rings (SSSR count). The average molecular weight is 254 g/mol. The third kappa shape index (κ3) is 2.66. The second-order valence-corrected chi connectivity index (χ2v) is 5.23. The molecule has 5 nitrogen and oxygen atoms in total. The molecule has 0 aromatic carbocycles. The van der Waals surface area contributed by atoms with E-state index in [2.05, 4.69) is 4.90 Å². The molecule has 2 aliphatic rings. The summed E-state index contributed by atoms with van der Waals surface area (Å²) < 4.78 is 4.71. The number of likely N-dealkylation sites (N-methyl/N-ethyl adjacent to an activating group) is 1. The molecule has 0 bridgehead atoms. The van der Waals surface area contributed by atoms with Gasteiger partial charge >= 0.3 is 5.97 Å². The maximum Gasteiger partial charge on any atom is 0.307 e. The van der Waals surface area contributed by atoms with Gasteiger partial charge in [0.25, 0.3) is 0 Å². The van der Waals surface area contributed by atoms with E-state index in [9.17, 15) is 9.59 Å². The molecule has 1 amide bonds.